The largest absolute Gasteiger partial charge is 0.373 e. The van der Waals surface area contributed by atoms with Gasteiger partial charge in [0.1, 0.15) is 0 Å². The van der Waals surface area contributed by atoms with Gasteiger partial charge in [0, 0.05) is 42.1 Å². The van der Waals surface area contributed by atoms with E-state index in [1.165, 1.54) is 11.5 Å². The van der Waals surface area contributed by atoms with Crippen LogP contribution in [0.25, 0.3) is 0 Å². The molecule has 0 spiro atoms. The first-order valence-corrected chi connectivity index (χ1v) is 11.1. The molecule has 2 unspecified atom stereocenters. The van der Waals surface area contributed by atoms with Gasteiger partial charge in [0.2, 0.25) is 0 Å². The smallest absolute Gasteiger partial charge is 0.269 e. The normalized spacial score (nSPS) is 26.1. The van der Waals surface area contributed by atoms with Crippen LogP contribution in [0.1, 0.15) is 46.1 Å². The Morgan fingerprint density at radius 1 is 1.39 bits per heavy atom. The third-order valence-corrected chi connectivity index (χ3v) is 6.45. The lowest BCUT2D eigenvalue weighted by Crippen LogP contribution is -2.36. The fourth-order valence-corrected chi connectivity index (χ4v) is 5.15. The van der Waals surface area contributed by atoms with Crippen molar-refractivity contribution in [1.29, 1.82) is 0 Å². The molecule has 1 aromatic rings. The number of benzene rings is 1. The van der Waals surface area contributed by atoms with Crippen molar-refractivity contribution < 1.29 is 9.66 Å². The number of non-ortho nitro benzene ring substituents is 1. The van der Waals surface area contributed by atoms with Crippen molar-refractivity contribution in [3.8, 4) is 0 Å². The van der Waals surface area contributed by atoms with Gasteiger partial charge in [0.05, 0.1) is 22.3 Å². The van der Waals surface area contributed by atoms with Gasteiger partial charge in [0.25, 0.3) is 5.69 Å². The Hall–Kier alpha value is -1.44. The summed E-state index contributed by atoms with van der Waals surface area (Å²) < 4.78 is 6.24. The number of hydrogen-bond acceptors (Lipinski definition) is 6. The lowest BCUT2D eigenvalue weighted by Gasteiger charge is -2.29. The fourth-order valence-electron chi connectivity index (χ4n) is 4.11. The SMILES string of the molecule is Cc1cc([N+](=O)[O-])ccc1N=C1CC([C@@H](C)OC(C)(C)C)CC1N1CCSC1. The molecule has 0 radical (unpaired) electrons. The molecule has 154 valence electrons. The van der Waals surface area contributed by atoms with Crippen LogP contribution in [0.4, 0.5) is 11.4 Å². The number of thioether (sulfide) groups is 1. The number of nitrogens with zero attached hydrogens (tertiary/aromatic N) is 3. The van der Waals surface area contributed by atoms with E-state index < -0.39 is 0 Å². The van der Waals surface area contributed by atoms with Gasteiger partial charge in [-0.3, -0.25) is 20.0 Å². The second kappa shape index (κ2) is 8.51. The quantitative estimate of drug-likeness (QED) is 0.511. The molecule has 2 fully saturated rings. The molecule has 28 heavy (non-hydrogen) atoms. The minimum absolute atomic E-state index is 0.116. The number of nitro groups is 1. The molecular formula is C21H31N3O3S. The number of ether oxygens (including phenoxy) is 1. The highest BCUT2D eigenvalue weighted by Crippen LogP contribution is 2.36. The maximum absolute atomic E-state index is 11.0. The molecule has 1 saturated heterocycles. The summed E-state index contributed by atoms with van der Waals surface area (Å²) in [5.74, 6) is 2.65. The molecule has 1 aliphatic carbocycles. The van der Waals surface area contributed by atoms with E-state index in [0.29, 0.717) is 12.0 Å². The molecule has 7 heteroatoms. The number of rotatable bonds is 5. The summed E-state index contributed by atoms with van der Waals surface area (Å²) in [5.41, 5.74) is 2.83. The highest BCUT2D eigenvalue weighted by atomic mass is 32.2. The van der Waals surface area contributed by atoms with Crippen LogP contribution in [0.15, 0.2) is 23.2 Å². The average molecular weight is 406 g/mol. The molecule has 3 rings (SSSR count). The molecule has 6 nitrogen and oxygen atoms in total. The van der Waals surface area contributed by atoms with Gasteiger partial charge in [-0.1, -0.05) is 0 Å². The Bertz CT molecular complexity index is 754. The van der Waals surface area contributed by atoms with Gasteiger partial charge in [-0.2, -0.15) is 0 Å². The highest BCUT2D eigenvalue weighted by molar-refractivity contribution is 7.99. The van der Waals surface area contributed by atoms with E-state index in [1.54, 1.807) is 18.2 Å². The van der Waals surface area contributed by atoms with Crippen LogP contribution < -0.4 is 0 Å². The molecule has 1 saturated carbocycles. The molecule has 0 amide bonds. The van der Waals surface area contributed by atoms with E-state index in [4.69, 9.17) is 9.73 Å². The van der Waals surface area contributed by atoms with Crippen molar-refractivity contribution >= 4 is 28.8 Å². The van der Waals surface area contributed by atoms with Crippen LogP contribution >= 0.6 is 11.8 Å². The molecule has 1 aliphatic heterocycles. The Kier molecular flexibility index (Phi) is 6.47. The third kappa shape index (κ3) is 5.13. The highest BCUT2D eigenvalue weighted by Gasteiger charge is 2.39. The first kappa shape index (κ1) is 21.3. The van der Waals surface area contributed by atoms with Gasteiger partial charge in [0.15, 0.2) is 0 Å². The van der Waals surface area contributed by atoms with Crippen molar-refractivity contribution in [2.75, 3.05) is 18.2 Å². The first-order valence-electron chi connectivity index (χ1n) is 9.96. The van der Waals surface area contributed by atoms with Gasteiger partial charge in [-0.15, -0.1) is 11.8 Å². The summed E-state index contributed by atoms with van der Waals surface area (Å²) in [6.07, 6.45) is 2.14. The van der Waals surface area contributed by atoms with Crippen LogP contribution in [0.3, 0.4) is 0 Å². The summed E-state index contributed by atoms with van der Waals surface area (Å²) >= 11 is 1.97. The van der Waals surface area contributed by atoms with Gasteiger partial charge < -0.3 is 4.74 Å². The maximum atomic E-state index is 11.0. The molecule has 3 atom stereocenters. The van der Waals surface area contributed by atoms with Crippen LogP contribution in [-0.4, -0.2) is 51.5 Å². The molecule has 1 aromatic carbocycles. The first-order chi connectivity index (χ1) is 13.1. The Balaban J connectivity index is 1.85. The van der Waals surface area contributed by atoms with E-state index in [9.17, 15) is 10.1 Å². The van der Waals surface area contributed by atoms with Crippen molar-refractivity contribution in [1.82, 2.24) is 4.90 Å². The van der Waals surface area contributed by atoms with E-state index >= 15 is 0 Å². The molecule has 1 heterocycles. The Morgan fingerprint density at radius 3 is 2.71 bits per heavy atom. The third-order valence-electron chi connectivity index (χ3n) is 5.46. The zero-order valence-electron chi connectivity index (χ0n) is 17.5. The molecule has 0 bridgehead atoms. The molecule has 0 N–H and O–H groups in total. The van der Waals surface area contributed by atoms with Crippen LogP contribution in [-0.2, 0) is 4.74 Å². The monoisotopic (exact) mass is 405 g/mol. The summed E-state index contributed by atoms with van der Waals surface area (Å²) in [5, 5.41) is 11.0. The van der Waals surface area contributed by atoms with E-state index in [0.717, 1.165) is 36.5 Å². The van der Waals surface area contributed by atoms with Crippen molar-refractivity contribution in [3.63, 3.8) is 0 Å². The number of aryl methyl sites for hydroxylation is 1. The van der Waals surface area contributed by atoms with E-state index in [-0.39, 0.29) is 22.3 Å². The summed E-state index contributed by atoms with van der Waals surface area (Å²) in [7, 11) is 0. The standard InChI is InChI=1S/C21H31N3O3S/c1-14-10-17(24(25)26)6-7-18(14)22-19-11-16(15(2)27-21(3,4)5)12-20(19)23-8-9-28-13-23/h6-7,10,15-16,20H,8-9,11-13H2,1-5H3/t15-,16?,20?/m1/s1. The summed E-state index contributed by atoms with van der Waals surface area (Å²) in [6.45, 7) is 11.5. The predicted octanol–water partition coefficient (Wildman–Crippen LogP) is 4.96. The predicted molar refractivity (Wildman–Crippen MR) is 116 cm³/mol. The van der Waals surface area contributed by atoms with Crippen molar-refractivity contribution in [3.05, 3.63) is 33.9 Å². The maximum Gasteiger partial charge on any atom is 0.269 e. The number of aliphatic imine (C=N–C) groups is 1. The van der Waals surface area contributed by atoms with E-state index in [1.807, 2.05) is 18.7 Å². The lowest BCUT2D eigenvalue weighted by molar-refractivity contribution is -0.384. The van der Waals surface area contributed by atoms with Gasteiger partial charge in [-0.25, -0.2) is 0 Å². The van der Waals surface area contributed by atoms with Crippen LogP contribution in [0.5, 0.6) is 0 Å². The minimum atomic E-state index is -0.356. The fraction of sp³-hybridized carbons (Fsp3) is 0.667. The molecule has 2 aliphatic rings. The van der Waals surface area contributed by atoms with Gasteiger partial charge in [-0.05, 0) is 65.0 Å². The Morgan fingerprint density at radius 2 is 2.14 bits per heavy atom. The minimum Gasteiger partial charge on any atom is -0.373 e. The Labute approximate surface area is 171 Å². The van der Waals surface area contributed by atoms with Crippen LogP contribution in [0.2, 0.25) is 0 Å². The zero-order valence-corrected chi connectivity index (χ0v) is 18.3. The average Bonchev–Trinajstić information content (AvgIpc) is 3.24. The molecule has 0 aromatic heterocycles. The van der Waals surface area contributed by atoms with E-state index in [2.05, 4.69) is 32.6 Å². The zero-order chi connectivity index (χ0) is 20.5. The molecular weight excluding hydrogens is 374 g/mol. The van der Waals surface area contributed by atoms with Crippen molar-refractivity contribution in [2.24, 2.45) is 10.9 Å². The van der Waals surface area contributed by atoms with Gasteiger partial charge >= 0.3 is 0 Å². The lowest BCUT2D eigenvalue weighted by atomic mass is 10.0. The number of nitro benzene ring substituents is 1. The van der Waals surface area contributed by atoms with Crippen LogP contribution in [0, 0.1) is 23.0 Å². The number of hydrogen-bond donors (Lipinski definition) is 0. The topological polar surface area (TPSA) is 68.0 Å². The second-order valence-corrected chi connectivity index (χ2v) is 9.91. The summed E-state index contributed by atoms with van der Waals surface area (Å²) in [4.78, 5) is 18.2. The summed E-state index contributed by atoms with van der Waals surface area (Å²) in [6, 6.07) is 5.27. The van der Waals surface area contributed by atoms with Crippen molar-refractivity contribution in [2.45, 2.75) is 65.2 Å². The second-order valence-electron chi connectivity index (χ2n) is 8.83.